The van der Waals surface area contributed by atoms with Gasteiger partial charge in [-0.25, -0.2) is 4.98 Å². The van der Waals surface area contributed by atoms with Crippen molar-refractivity contribution in [3.05, 3.63) is 90.3 Å². The predicted molar refractivity (Wildman–Crippen MR) is 155 cm³/mol. The molecule has 0 spiro atoms. The Labute approximate surface area is 227 Å². The average Bonchev–Trinajstić information content (AvgIpc) is 3.58. The van der Waals surface area contributed by atoms with Gasteiger partial charge in [0.15, 0.2) is 5.82 Å². The minimum Gasteiger partial charge on any atom is -0.382 e. The maximum absolute atomic E-state index is 11.4. The summed E-state index contributed by atoms with van der Waals surface area (Å²) in [6.07, 6.45) is 4.17. The normalized spacial score (nSPS) is 14.5. The first kappa shape index (κ1) is 24.7. The monoisotopic (exact) mass is 520 g/mol. The Hall–Kier alpha value is -4.63. The van der Waals surface area contributed by atoms with Crippen molar-refractivity contribution in [2.24, 2.45) is 5.73 Å². The molecule has 198 valence electrons. The molecule has 5 aromatic rings. The molecule has 0 radical (unpaired) electrons. The zero-order chi connectivity index (χ0) is 26.8. The van der Waals surface area contributed by atoms with Crippen molar-refractivity contribution in [1.82, 2.24) is 24.6 Å². The summed E-state index contributed by atoms with van der Waals surface area (Å²) < 4.78 is 2.09. The molecule has 39 heavy (non-hydrogen) atoms. The zero-order valence-electron chi connectivity index (χ0n) is 21.9. The largest absolute Gasteiger partial charge is 0.382 e. The summed E-state index contributed by atoms with van der Waals surface area (Å²) in [5.74, 6) is 0.328. The summed E-state index contributed by atoms with van der Waals surface area (Å²) in [4.78, 5) is 18.3. The third-order valence-corrected chi connectivity index (χ3v) is 7.35. The highest BCUT2D eigenvalue weighted by Gasteiger charge is 2.16. The molecule has 1 aliphatic rings. The van der Waals surface area contributed by atoms with Crippen molar-refractivity contribution in [3.63, 3.8) is 0 Å². The van der Waals surface area contributed by atoms with Crippen molar-refractivity contribution in [1.29, 1.82) is 0 Å². The molecule has 9 nitrogen and oxygen atoms in total. The number of benzene rings is 3. The number of carbonyl (C=O) groups is 1. The number of hydrogen-bond donors (Lipinski definition) is 4. The smallest absolute Gasteiger partial charge is 0.248 e. The van der Waals surface area contributed by atoms with E-state index in [4.69, 9.17) is 5.73 Å². The minimum absolute atomic E-state index is 0.426. The van der Waals surface area contributed by atoms with Crippen LogP contribution in [0.15, 0.2) is 79.1 Å². The highest BCUT2D eigenvalue weighted by molar-refractivity contribution is 5.92. The summed E-state index contributed by atoms with van der Waals surface area (Å²) in [5, 5.41) is 14.7. The van der Waals surface area contributed by atoms with Crippen LogP contribution in [0.3, 0.4) is 0 Å². The molecule has 3 heterocycles. The highest BCUT2D eigenvalue weighted by atomic mass is 16.1. The average molecular weight is 521 g/mol. The number of rotatable bonds is 8. The van der Waals surface area contributed by atoms with E-state index in [1.54, 1.807) is 12.1 Å². The van der Waals surface area contributed by atoms with Gasteiger partial charge < -0.3 is 25.8 Å². The van der Waals surface area contributed by atoms with Crippen molar-refractivity contribution in [2.75, 3.05) is 30.8 Å². The lowest BCUT2D eigenvalue weighted by molar-refractivity contribution is 0.100. The third-order valence-electron chi connectivity index (χ3n) is 7.35. The molecular weight excluding hydrogens is 488 g/mol. The van der Waals surface area contributed by atoms with Gasteiger partial charge in [0, 0.05) is 41.2 Å². The minimum atomic E-state index is -0.426. The van der Waals surface area contributed by atoms with Crippen molar-refractivity contribution in [2.45, 2.75) is 25.4 Å². The van der Waals surface area contributed by atoms with Gasteiger partial charge in [-0.2, -0.15) is 5.10 Å². The van der Waals surface area contributed by atoms with Crippen LogP contribution in [0.4, 0.5) is 17.2 Å². The van der Waals surface area contributed by atoms with Gasteiger partial charge in [-0.3, -0.25) is 9.89 Å². The Morgan fingerprint density at radius 3 is 2.49 bits per heavy atom. The Bertz CT molecular complexity index is 1580. The van der Waals surface area contributed by atoms with Crippen LogP contribution in [0.25, 0.3) is 22.3 Å². The van der Waals surface area contributed by atoms with Gasteiger partial charge in [0.1, 0.15) is 0 Å². The van der Waals surface area contributed by atoms with Crippen LogP contribution in [0.2, 0.25) is 0 Å². The van der Waals surface area contributed by atoms with Gasteiger partial charge in [-0.1, -0.05) is 18.2 Å². The molecule has 2 aromatic heterocycles. The molecule has 6 rings (SSSR count). The summed E-state index contributed by atoms with van der Waals surface area (Å²) in [7, 11) is 2.18. The van der Waals surface area contributed by atoms with E-state index in [2.05, 4.69) is 72.7 Å². The van der Waals surface area contributed by atoms with Crippen LogP contribution in [0.1, 0.15) is 28.8 Å². The Morgan fingerprint density at radius 2 is 1.74 bits per heavy atom. The molecule has 1 fully saturated rings. The lowest BCUT2D eigenvalue weighted by Crippen LogP contribution is -2.36. The van der Waals surface area contributed by atoms with Gasteiger partial charge in [0.2, 0.25) is 5.91 Å². The van der Waals surface area contributed by atoms with E-state index in [0.29, 0.717) is 18.2 Å². The third kappa shape index (κ3) is 5.63. The summed E-state index contributed by atoms with van der Waals surface area (Å²) >= 11 is 0. The maximum Gasteiger partial charge on any atom is 0.248 e. The number of imidazole rings is 1. The van der Waals surface area contributed by atoms with E-state index in [1.165, 1.54) is 12.8 Å². The predicted octanol–water partition coefficient (Wildman–Crippen LogP) is 4.82. The van der Waals surface area contributed by atoms with Crippen molar-refractivity contribution in [3.8, 4) is 11.3 Å². The van der Waals surface area contributed by atoms with Gasteiger partial charge in [-0.15, -0.1) is 0 Å². The Balaban J connectivity index is 1.13. The summed E-state index contributed by atoms with van der Waals surface area (Å²) in [5.41, 5.74) is 12.9. The molecule has 0 bridgehead atoms. The number of aromatic amines is 1. The number of anilines is 3. The number of hydrogen-bond acceptors (Lipinski definition) is 6. The lowest BCUT2D eigenvalue weighted by Gasteiger charge is -2.30. The molecule has 9 heteroatoms. The summed E-state index contributed by atoms with van der Waals surface area (Å²) in [6.45, 7) is 2.91. The van der Waals surface area contributed by atoms with Gasteiger partial charge in [-0.05, 0) is 87.1 Å². The van der Waals surface area contributed by atoms with E-state index < -0.39 is 5.91 Å². The van der Waals surface area contributed by atoms with Crippen molar-refractivity contribution < 1.29 is 4.79 Å². The molecule has 1 aliphatic heterocycles. The second-order valence-corrected chi connectivity index (χ2v) is 10.2. The second kappa shape index (κ2) is 10.6. The first-order chi connectivity index (χ1) is 19.0. The van der Waals surface area contributed by atoms with E-state index in [9.17, 15) is 4.79 Å². The SMILES string of the molecule is CN1CCC(Nc2ccc(Nc3cc(-c4ccc5ncn(Cc6ccc(C(N)=O)cc6)c5c4)[nH]n3)cc2)CC1. The molecule has 0 unspecified atom stereocenters. The molecule has 0 aliphatic carbocycles. The van der Waals surface area contributed by atoms with Crippen LogP contribution in [0, 0.1) is 0 Å². The number of aromatic nitrogens is 4. The number of carbonyl (C=O) groups excluding carboxylic acids is 1. The Morgan fingerprint density at radius 1 is 1.00 bits per heavy atom. The van der Waals surface area contributed by atoms with E-state index in [1.807, 2.05) is 36.7 Å². The quantitative estimate of drug-likeness (QED) is 0.233. The topological polar surface area (TPSA) is 117 Å². The van der Waals surface area contributed by atoms with Crippen LogP contribution in [-0.2, 0) is 6.54 Å². The molecule has 5 N–H and O–H groups in total. The molecule has 1 amide bonds. The number of amides is 1. The second-order valence-electron chi connectivity index (χ2n) is 10.2. The fourth-order valence-corrected chi connectivity index (χ4v) is 5.04. The first-order valence-corrected chi connectivity index (χ1v) is 13.2. The first-order valence-electron chi connectivity index (χ1n) is 13.2. The van der Waals surface area contributed by atoms with Crippen LogP contribution >= 0.6 is 0 Å². The van der Waals surface area contributed by atoms with Gasteiger partial charge in [0.05, 0.1) is 23.1 Å². The summed E-state index contributed by atoms with van der Waals surface area (Å²) in [6, 6.07) is 24.4. The van der Waals surface area contributed by atoms with Crippen LogP contribution < -0.4 is 16.4 Å². The van der Waals surface area contributed by atoms with E-state index in [0.717, 1.165) is 58.1 Å². The van der Waals surface area contributed by atoms with Crippen molar-refractivity contribution >= 4 is 34.1 Å². The molecular formula is C30H32N8O. The number of nitrogens with two attached hydrogens (primary N) is 1. The fourth-order valence-electron chi connectivity index (χ4n) is 5.04. The molecule has 3 aromatic carbocycles. The molecule has 0 saturated carbocycles. The number of H-pyrrole nitrogens is 1. The van der Waals surface area contributed by atoms with E-state index in [-0.39, 0.29) is 0 Å². The number of fused-ring (bicyclic) bond motifs is 1. The molecule has 0 atom stereocenters. The zero-order valence-corrected chi connectivity index (χ0v) is 21.9. The van der Waals surface area contributed by atoms with Crippen LogP contribution in [-0.4, -0.2) is 56.7 Å². The van der Waals surface area contributed by atoms with Gasteiger partial charge in [0.25, 0.3) is 0 Å². The Kier molecular flexibility index (Phi) is 6.73. The van der Waals surface area contributed by atoms with E-state index >= 15 is 0 Å². The number of primary amides is 1. The standard InChI is InChI=1S/C30H32N8O/c1-37-14-12-25(13-15-37)33-23-7-9-24(10-8-23)34-29-17-27(35-36-29)22-6-11-26-28(16-22)38(19-32-26)18-20-2-4-21(5-3-20)30(31)39/h2-11,16-17,19,25,33H,12-15,18H2,1H3,(H2,31,39)(H2,34,35,36). The maximum atomic E-state index is 11.4. The number of likely N-dealkylation sites (tertiary alicyclic amines) is 1. The number of nitrogens with one attached hydrogen (secondary N) is 3. The lowest BCUT2D eigenvalue weighted by atomic mass is 10.1. The molecule has 1 saturated heterocycles. The fraction of sp³-hybridized carbons (Fsp3) is 0.233. The number of piperidine rings is 1. The van der Waals surface area contributed by atoms with Gasteiger partial charge >= 0.3 is 0 Å². The highest BCUT2D eigenvalue weighted by Crippen LogP contribution is 2.27. The number of nitrogens with zero attached hydrogens (tertiary/aromatic N) is 4. The van der Waals surface area contributed by atoms with Crippen LogP contribution in [0.5, 0.6) is 0 Å².